The van der Waals surface area contributed by atoms with Crippen molar-refractivity contribution in [1.82, 2.24) is 10.2 Å². The van der Waals surface area contributed by atoms with Crippen LogP contribution < -0.4 is 10.6 Å². The van der Waals surface area contributed by atoms with Crippen molar-refractivity contribution in [2.75, 3.05) is 31.7 Å². The summed E-state index contributed by atoms with van der Waals surface area (Å²) in [6.07, 6.45) is 1.97. The van der Waals surface area contributed by atoms with Gasteiger partial charge in [-0.05, 0) is 49.4 Å². The van der Waals surface area contributed by atoms with Gasteiger partial charge in [0.2, 0.25) is 11.8 Å². The van der Waals surface area contributed by atoms with Crippen LogP contribution in [0.5, 0.6) is 0 Å². The molecule has 0 aliphatic rings. The van der Waals surface area contributed by atoms with Crippen molar-refractivity contribution in [2.24, 2.45) is 0 Å². The number of amides is 2. The zero-order valence-electron chi connectivity index (χ0n) is 17.9. The van der Waals surface area contributed by atoms with E-state index >= 15 is 0 Å². The minimum atomic E-state index is -0.205. The maximum atomic E-state index is 12.8. The van der Waals surface area contributed by atoms with Crippen molar-refractivity contribution in [3.63, 3.8) is 0 Å². The van der Waals surface area contributed by atoms with Gasteiger partial charge in [0.15, 0.2) is 0 Å². The van der Waals surface area contributed by atoms with Crippen molar-refractivity contribution in [3.8, 4) is 0 Å². The van der Waals surface area contributed by atoms with Crippen LogP contribution in [0.15, 0.2) is 70.9 Å². The van der Waals surface area contributed by atoms with Crippen molar-refractivity contribution in [2.45, 2.75) is 17.9 Å². The molecule has 1 unspecified atom stereocenters. The molecule has 7 heteroatoms. The predicted octanol–water partition coefficient (Wildman–Crippen LogP) is 4.55. The second kappa shape index (κ2) is 11.1. The van der Waals surface area contributed by atoms with E-state index in [1.165, 1.54) is 5.56 Å². The molecule has 0 bridgehead atoms. The first-order valence-electron chi connectivity index (χ1n) is 9.97. The number of rotatable bonds is 9. The van der Waals surface area contributed by atoms with E-state index in [4.69, 9.17) is 0 Å². The molecule has 3 aromatic rings. The van der Waals surface area contributed by atoms with Gasteiger partial charge < -0.3 is 10.6 Å². The van der Waals surface area contributed by atoms with Crippen LogP contribution in [0.2, 0.25) is 0 Å². The average molecular weight is 454 g/mol. The first kappa shape index (κ1) is 23.1. The van der Waals surface area contributed by atoms with Crippen LogP contribution in [-0.4, -0.2) is 43.1 Å². The maximum absolute atomic E-state index is 12.8. The highest BCUT2D eigenvalue weighted by Crippen LogP contribution is 2.26. The summed E-state index contributed by atoms with van der Waals surface area (Å²) in [7, 11) is 1.77. The van der Waals surface area contributed by atoms with Crippen LogP contribution in [0.4, 0.5) is 5.69 Å². The van der Waals surface area contributed by atoms with E-state index in [2.05, 4.69) is 10.6 Å². The Labute approximate surface area is 191 Å². The third-order valence-electron chi connectivity index (χ3n) is 4.75. The number of carbonyl (C=O) groups excluding carboxylic acids is 2. The lowest BCUT2D eigenvalue weighted by Gasteiger charge is -2.21. The molecule has 0 aliphatic heterocycles. The Balaban J connectivity index is 1.59. The van der Waals surface area contributed by atoms with Crippen LogP contribution in [0.3, 0.4) is 0 Å². The molecule has 5 nitrogen and oxygen atoms in total. The molecule has 0 radical (unpaired) electrons. The molecule has 0 saturated heterocycles. The standard InChI is InChI=1S/C24H27N3O2S2/c1-17-10-12-18(13-11-17)24(21-9-6-14-31-21)26-23(29)16-27(2)15-22(28)25-19-7-4-5-8-20(19)30-3/h4-14,24H,15-16H2,1-3H3,(H,25,28)(H,26,29). The number of likely N-dealkylation sites (N-methyl/N-ethyl adjacent to an activating group) is 1. The summed E-state index contributed by atoms with van der Waals surface area (Å²) in [5, 5.41) is 8.06. The van der Waals surface area contributed by atoms with Gasteiger partial charge in [-0.3, -0.25) is 14.5 Å². The highest BCUT2D eigenvalue weighted by molar-refractivity contribution is 7.98. The quantitative estimate of drug-likeness (QED) is 0.467. The van der Waals surface area contributed by atoms with Gasteiger partial charge in [-0.25, -0.2) is 0 Å². The fourth-order valence-corrected chi connectivity index (χ4v) is 4.58. The van der Waals surface area contributed by atoms with Crippen molar-refractivity contribution >= 4 is 40.6 Å². The van der Waals surface area contributed by atoms with Gasteiger partial charge >= 0.3 is 0 Å². The number of aryl methyl sites for hydroxylation is 1. The summed E-state index contributed by atoms with van der Waals surface area (Å²) in [5.74, 6) is -0.274. The summed E-state index contributed by atoms with van der Waals surface area (Å²) >= 11 is 3.19. The zero-order valence-corrected chi connectivity index (χ0v) is 19.6. The summed E-state index contributed by atoms with van der Waals surface area (Å²) in [4.78, 5) is 29.0. The number of anilines is 1. The first-order valence-corrected chi connectivity index (χ1v) is 12.1. The fraction of sp³-hybridized carbons (Fsp3) is 0.250. The monoisotopic (exact) mass is 453 g/mol. The lowest BCUT2D eigenvalue weighted by atomic mass is 10.0. The van der Waals surface area contributed by atoms with E-state index in [0.717, 1.165) is 21.0 Å². The number of benzene rings is 2. The second-order valence-electron chi connectivity index (χ2n) is 7.35. The molecule has 162 valence electrons. The summed E-state index contributed by atoms with van der Waals surface area (Å²) in [6.45, 7) is 2.30. The molecule has 3 rings (SSSR count). The molecule has 0 saturated carbocycles. The Morgan fingerprint density at radius 3 is 2.39 bits per heavy atom. The molecule has 1 aromatic heterocycles. The minimum absolute atomic E-state index is 0.126. The number of carbonyl (C=O) groups is 2. The van der Waals surface area contributed by atoms with Gasteiger partial charge in [-0.1, -0.05) is 48.0 Å². The molecule has 2 amide bonds. The number of nitrogens with zero attached hydrogens (tertiary/aromatic N) is 1. The molecule has 1 atom stereocenters. The molecule has 1 heterocycles. The minimum Gasteiger partial charge on any atom is -0.343 e. The van der Waals surface area contributed by atoms with Crippen LogP contribution >= 0.6 is 23.1 Å². The maximum Gasteiger partial charge on any atom is 0.238 e. The molecular weight excluding hydrogens is 426 g/mol. The Morgan fingerprint density at radius 2 is 1.71 bits per heavy atom. The van der Waals surface area contributed by atoms with Gasteiger partial charge in [-0.2, -0.15) is 0 Å². The van der Waals surface area contributed by atoms with Crippen LogP contribution in [0, 0.1) is 6.92 Å². The van der Waals surface area contributed by atoms with Crippen molar-refractivity contribution in [3.05, 3.63) is 82.0 Å². The Hall–Kier alpha value is -2.61. The number of hydrogen-bond donors (Lipinski definition) is 2. The van der Waals surface area contributed by atoms with Crippen molar-refractivity contribution in [1.29, 1.82) is 0 Å². The smallest absolute Gasteiger partial charge is 0.238 e. The molecule has 0 aliphatic carbocycles. The molecule has 2 N–H and O–H groups in total. The summed E-state index contributed by atoms with van der Waals surface area (Å²) < 4.78 is 0. The molecule has 0 spiro atoms. The average Bonchev–Trinajstić information content (AvgIpc) is 3.27. The fourth-order valence-electron chi connectivity index (χ4n) is 3.22. The van der Waals surface area contributed by atoms with Gasteiger partial charge in [0.25, 0.3) is 0 Å². The number of hydrogen-bond acceptors (Lipinski definition) is 5. The molecule has 2 aromatic carbocycles. The molecule has 31 heavy (non-hydrogen) atoms. The van der Waals surface area contributed by atoms with Crippen LogP contribution in [0.1, 0.15) is 22.0 Å². The predicted molar refractivity (Wildman–Crippen MR) is 130 cm³/mol. The largest absolute Gasteiger partial charge is 0.343 e. The van der Waals surface area contributed by atoms with E-state index in [0.29, 0.717) is 0 Å². The SMILES string of the molecule is CSc1ccccc1NC(=O)CN(C)CC(=O)NC(c1ccc(C)cc1)c1cccs1. The zero-order chi connectivity index (χ0) is 22.2. The Bertz CT molecular complexity index is 1000. The van der Waals surface area contributed by atoms with E-state index in [1.807, 2.05) is 79.2 Å². The third-order valence-corrected chi connectivity index (χ3v) is 6.48. The summed E-state index contributed by atoms with van der Waals surface area (Å²) in [6, 6.07) is 19.7. The Kier molecular flexibility index (Phi) is 8.28. The van der Waals surface area contributed by atoms with Gasteiger partial charge in [0.1, 0.15) is 0 Å². The second-order valence-corrected chi connectivity index (χ2v) is 9.17. The van der Waals surface area contributed by atoms with E-state index in [1.54, 1.807) is 35.0 Å². The lowest BCUT2D eigenvalue weighted by molar-refractivity contribution is -0.123. The number of thiophene rings is 1. The van der Waals surface area contributed by atoms with E-state index < -0.39 is 0 Å². The van der Waals surface area contributed by atoms with Gasteiger partial charge in [0, 0.05) is 9.77 Å². The number of thioether (sulfide) groups is 1. The highest BCUT2D eigenvalue weighted by atomic mass is 32.2. The number of para-hydroxylation sites is 1. The van der Waals surface area contributed by atoms with E-state index in [-0.39, 0.29) is 30.9 Å². The van der Waals surface area contributed by atoms with E-state index in [9.17, 15) is 9.59 Å². The van der Waals surface area contributed by atoms with Crippen LogP contribution in [-0.2, 0) is 9.59 Å². The van der Waals surface area contributed by atoms with Crippen molar-refractivity contribution < 1.29 is 9.59 Å². The number of nitrogens with one attached hydrogen (secondary N) is 2. The third kappa shape index (κ3) is 6.69. The molecular formula is C24H27N3O2S2. The lowest BCUT2D eigenvalue weighted by Crippen LogP contribution is -2.40. The normalized spacial score (nSPS) is 11.9. The first-order chi connectivity index (χ1) is 15.0. The van der Waals surface area contributed by atoms with Gasteiger partial charge in [-0.15, -0.1) is 23.1 Å². The topological polar surface area (TPSA) is 61.4 Å². The highest BCUT2D eigenvalue weighted by Gasteiger charge is 2.19. The molecule has 0 fully saturated rings. The Morgan fingerprint density at radius 1 is 1.00 bits per heavy atom. The van der Waals surface area contributed by atoms with Gasteiger partial charge in [0.05, 0.1) is 24.8 Å². The van der Waals surface area contributed by atoms with Crippen LogP contribution in [0.25, 0.3) is 0 Å². The summed E-state index contributed by atoms with van der Waals surface area (Å²) in [5.41, 5.74) is 3.00.